The van der Waals surface area contributed by atoms with Crippen molar-refractivity contribution in [3.8, 4) is 6.07 Å². The molecule has 0 spiro atoms. The summed E-state index contributed by atoms with van der Waals surface area (Å²) in [6.45, 7) is 5.82. The monoisotopic (exact) mass is 358 g/mol. The summed E-state index contributed by atoms with van der Waals surface area (Å²) in [4.78, 5) is 11.2. The molecule has 0 atom stereocenters. The summed E-state index contributed by atoms with van der Waals surface area (Å²) in [6, 6.07) is 12.4. The first-order chi connectivity index (χ1) is 13.1. The number of para-hydroxylation sites is 2. The van der Waals surface area contributed by atoms with E-state index >= 15 is 0 Å². The van der Waals surface area contributed by atoms with Gasteiger partial charge in [-0.3, -0.25) is 4.40 Å². The molecule has 0 bridgehead atoms. The number of anilines is 1. The highest BCUT2D eigenvalue weighted by molar-refractivity contribution is 5.85. The predicted molar refractivity (Wildman–Crippen MR) is 107 cm³/mol. The molecule has 0 radical (unpaired) electrons. The summed E-state index contributed by atoms with van der Waals surface area (Å²) >= 11 is 0. The Bertz CT molecular complexity index is 1160. The van der Waals surface area contributed by atoms with Crippen molar-refractivity contribution in [1.82, 2.24) is 18.9 Å². The molecular weight excluding hydrogens is 336 g/mol. The number of aryl methyl sites for hydroxylation is 3. The maximum absolute atomic E-state index is 9.62. The second kappa shape index (κ2) is 6.76. The van der Waals surface area contributed by atoms with Crippen molar-refractivity contribution in [2.24, 2.45) is 0 Å². The number of pyridine rings is 1. The van der Waals surface area contributed by atoms with Crippen molar-refractivity contribution in [2.45, 2.75) is 26.8 Å². The maximum Gasteiger partial charge on any atom is 0.157 e. The van der Waals surface area contributed by atoms with Crippen molar-refractivity contribution in [1.29, 1.82) is 5.26 Å². The molecule has 0 aliphatic heterocycles. The summed E-state index contributed by atoms with van der Waals surface area (Å²) in [5.41, 5.74) is 4.25. The van der Waals surface area contributed by atoms with Crippen LogP contribution in [0.15, 0.2) is 42.7 Å². The highest BCUT2D eigenvalue weighted by atomic mass is 15.2. The van der Waals surface area contributed by atoms with Crippen molar-refractivity contribution in [3.63, 3.8) is 0 Å². The average molecular weight is 358 g/mol. The zero-order valence-corrected chi connectivity index (χ0v) is 15.8. The normalized spacial score (nSPS) is 11.2. The van der Waals surface area contributed by atoms with Gasteiger partial charge in [-0.1, -0.05) is 12.1 Å². The topological polar surface area (TPSA) is 62.1 Å². The van der Waals surface area contributed by atoms with Crippen LogP contribution in [0.5, 0.6) is 0 Å². The molecule has 1 aromatic carbocycles. The summed E-state index contributed by atoms with van der Waals surface area (Å²) in [5.74, 6) is 2.09. The van der Waals surface area contributed by atoms with Gasteiger partial charge in [0.25, 0.3) is 0 Å². The fourth-order valence-corrected chi connectivity index (χ4v) is 3.58. The summed E-state index contributed by atoms with van der Waals surface area (Å²) in [6.07, 6.45) is 4.85. The molecule has 0 N–H and O–H groups in total. The van der Waals surface area contributed by atoms with E-state index in [9.17, 15) is 5.26 Å². The summed E-state index contributed by atoms with van der Waals surface area (Å²) < 4.78 is 4.27. The molecular formula is C21H22N6. The fourth-order valence-electron chi connectivity index (χ4n) is 3.58. The Balaban J connectivity index is 1.72. The van der Waals surface area contributed by atoms with Crippen LogP contribution < -0.4 is 4.90 Å². The predicted octanol–water partition coefficient (Wildman–Crippen LogP) is 3.70. The van der Waals surface area contributed by atoms with Crippen LogP contribution in [0.4, 0.5) is 5.82 Å². The van der Waals surface area contributed by atoms with Gasteiger partial charge in [0.2, 0.25) is 0 Å². The Morgan fingerprint density at radius 3 is 2.78 bits per heavy atom. The molecule has 4 rings (SSSR count). The van der Waals surface area contributed by atoms with Crippen LogP contribution in [-0.4, -0.2) is 32.5 Å². The molecule has 6 nitrogen and oxygen atoms in total. The fraction of sp³-hybridized carbons (Fsp3) is 0.286. The van der Waals surface area contributed by atoms with Crippen LogP contribution in [0.2, 0.25) is 0 Å². The van der Waals surface area contributed by atoms with Crippen LogP contribution >= 0.6 is 0 Å². The second-order valence-corrected chi connectivity index (χ2v) is 6.87. The van der Waals surface area contributed by atoms with Gasteiger partial charge in [-0.05, 0) is 44.0 Å². The molecule has 0 saturated heterocycles. The third kappa shape index (κ3) is 2.91. The molecule has 6 heteroatoms. The molecule has 4 aromatic rings. The lowest BCUT2D eigenvalue weighted by Gasteiger charge is -2.22. The molecule has 27 heavy (non-hydrogen) atoms. The number of nitrogens with zero attached hydrogens (tertiary/aromatic N) is 6. The molecule has 0 saturated carbocycles. The van der Waals surface area contributed by atoms with E-state index in [1.54, 1.807) is 0 Å². The number of benzene rings is 1. The van der Waals surface area contributed by atoms with Gasteiger partial charge < -0.3 is 9.47 Å². The van der Waals surface area contributed by atoms with E-state index in [-0.39, 0.29) is 0 Å². The largest absolute Gasteiger partial charge is 0.361 e. The van der Waals surface area contributed by atoms with Gasteiger partial charge in [0.05, 0.1) is 16.6 Å². The van der Waals surface area contributed by atoms with Crippen molar-refractivity contribution < 1.29 is 0 Å². The lowest BCUT2D eigenvalue weighted by Crippen LogP contribution is -2.23. The van der Waals surface area contributed by atoms with E-state index in [1.165, 1.54) is 0 Å². The molecule has 0 unspecified atom stereocenters. The zero-order chi connectivity index (χ0) is 19.0. The Morgan fingerprint density at radius 2 is 2.04 bits per heavy atom. The first-order valence-corrected chi connectivity index (χ1v) is 9.10. The Hall–Kier alpha value is -3.33. The van der Waals surface area contributed by atoms with Crippen LogP contribution in [0.25, 0.3) is 16.7 Å². The van der Waals surface area contributed by atoms with Gasteiger partial charge in [0.1, 0.15) is 17.7 Å². The zero-order valence-electron chi connectivity index (χ0n) is 15.8. The van der Waals surface area contributed by atoms with Crippen LogP contribution in [0.1, 0.15) is 23.4 Å². The highest BCUT2D eigenvalue weighted by Gasteiger charge is 2.17. The summed E-state index contributed by atoms with van der Waals surface area (Å²) in [7, 11) is 2.09. The Labute approximate surface area is 158 Å². The SMILES string of the molecule is Cc1cc(N(C)CCCn2ccnc2C)n2c(nc3ccccc32)c1C#N. The number of hydrogen-bond donors (Lipinski definition) is 0. The molecule has 3 heterocycles. The molecule has 136 valence electrons. The Kier molecular flexibility index (Phi) is 4.28. The first-order valence-electron chi connectivity index (χ1n) is 9.10. The van der Waals surface area contributed by atoms with E-state index < -0.39 is 0 Å². The quantitative estimate of drug-likeness (QED) is 0.546. The van der Waals surface area contributed by atoms with Crippen LogP contribution in [0, 0.1) is 25.2 Å². The van der Waals surface area contributed by atoms with Crippen molar-refractivity contribution in [3.05, 3.63) is 59.7 Å². The molecule has 0 aliphatic rings. The number of aromatic nitrogens is 4. The number of imidazole rings is 2. The summed E-state index contributed by atoms with van der Waals surface area (Å²) in [5, 5.41) is 9.62. The van der Waals surface area contributed by atoms with Crippen molar-refractivity contribution in [2.75, 3.05) is 18.5 Å². The van der Waals surface area contributed by atoms with Gasteiger partial charge in [-0.25, -0.2) is 9.97 Å². The minimum atomic E-state index is 0.636. The van der Waals surface area contributed by atoms with Crippen LogP contribution in [-0.2, 0) is 6.54 Å². The van der Waals surface area contributed by atoms with Gasteiger partial charge in [-0.15, -0.1) is 0 Å². The van der Waals surface area contributed by atoms with Gasteiger partial charge >= 0.3 is 0 Å². The Morgan fingerprint density at radius 1 is 1.22 bits per heavy atom. The van der Waals surface area contributed by atoms with E-state index in [1.807, 2.05) is 44.4 Å². The molecule has 0 amide bonds. The third-order valence-electron chi connectivity index (χ3n) is 5.07. The average Bonchev–Trinajstić information content (AvgIpc) is 3.24. The van der Waals surface area contributed by atoms with Gasteiger partial charge in [0.15, 0.2) is 5.65 Å². The second-order valence-electron chi connectivity index (χ2n) is 6.87. The standard InChI is InChI=1S/C21H22N6/c1-15-13-20(25(3)10-6-11-26-12-9-23-16(26)2)27-19-8-5-4-7-18(19)24-21(27)17(15)14-22/h4-5,7-9,12-13H,6,10-11H2,1-3H3. The van der Waals surface area contributed by atoms with E-state index in [4.69, 9.17) is 4.98 Å². The smallest absolute Gasteiger partial charge is 0.157 e. The van der Waals surface area contributed by atoms with Gasteiger partial charge in [0, 0.05) is 32.5 Å². The lowest BCUT2D eigenvalue weighted by atomic mass is 10.1. The minimum Gasteiger partial charge on any atom is -0.361 e. The number of fused-ring (bicyclic) bond motifs is 3. The lowest BCUT2D eigenvalue weighted by molar-refractivity contribution is 0.620. The van der Waals surface area contributed by atoms with Crippen LogP contribution in [0.3, 0.4) is 0 Å². The number of hydrogen-bond acceptors (Lipinski definition) is 4. The minimum absolute atomic E-state index is 0.636. The third-order valence-corrected chi connectivity index (χ3v) is 5.07. The maximum atomic E-state index is 9.62. The molecule has 3 aromatic heterocycles. The molecule has 0 aliphatic carbocycles. The molecule has 0 fully saturated rings. The highest BCUT2D eigenvalue weighted by Crippen LogP contribution is 2.28. The number of nitriles is 1. The van der Waals surface area contributed by atoms with Gasteiger partial charge in [-0.2, -0.15) is 5.26 Å². The first kappa shape index (κ1) is 17.1. The van der Waals surface area contributed by atoms with Crippen molar-refractivity contribution >= 4 is 22.5 Å². The van der Waals surface area contributed by atoms with E-state index in [0.29, 0.717) is 5.56 Å². The van der Waals surface area contributed by atoms with E-state index in [0.717, 1.165) is 53.4 Å². The number of rotatable bonds is 5. The van der Waals surface area contributed by atoms with E-state index in [2.05, 4.69) is 44.1 Å².